The summed E-state index contributed by atoms with van der Waals surface area (Å²) < 4.78 is 17.6. The number of carbonyl (C=O) groups excluding carboxylic acids is 1. The molecular formula is C30H33NO4. The van der Waals surface area contributed by atoms with Crippen molar-refractivity contribution in [1.29, 1.82) is 0 Å². The maximum Gasteiger partial charge on any atom is 0.410 e. The number of ether oxygens (including phenoxy) is 3. The summed E-state index contributed by atoms with van der Waals surface area (Å²) in [6, 6.07) is 22.7. The number of benzene rings is 3. The average Bonchev–Trinajstić information content (AvgIpc) is 2.85. The molecule has 182 valence electrons. The minimum absolute atomic E-state index is 0.149. The fraction of sp³-hybridized carbons (Fsp3) is 0.367. The Labute approximate surface area is 208 Å². The number of piperidine rings is 1. The summed E-state index contributed by atoms with van der Waals surface area (Å²) in [5.74, 6) is 3.38. The van der Waals surface area contributed by atoms with Gasteiger partial charge in [0.05, 0.1) is 19.3 Å². The predicted octanol–water partition coefficient (Wildman–Crippen LogP) is 6.16. The summed E-state index contributed by atoms with van der Waals surface area (Å²) in [5, 5.41) is 2.39. The monoisotopic (exact) mass is 471 g/mol. The molecule has 1 amide bonds. The number of nitrogens with zero attached hydrogens (tertiary/aromatic N) is 1. The van der Waals surface area contributed by atoms with E-state index in [0.717, 1.165) is 23.3 Å². The molecule has 2 atom stereocenters. The van der Waals surface area contributed by atoms with E-state index in [2.05, 4.69) is 48.4 Å². The van der Waals surface area contributed by atoms with Crippen LogP contribution < -0.4 is 4.74 Å². The third-order valence-electron chi connectivity index (χ3n) is 6.12. The van der Waals surface area contributed by atoms with Crippen molar-refractivity contribution in [2.75, 3.05) is 19.7 Å². The minimum atomic E-state index is -0.538. The first-order valence-corrected chi connectivity index (χ1v) is 12.1. The van der Waals surface area contributed by atoms with Crippen molar-refractivity contribution in [1.82, 2.24) is 4.90 Å². The van der Waals surface area contributed by atoms with E-state index in [1.807, 2.05) is 45.0 Å². The van der Waals surface area contributed by atoms with Gasteiger partial charge in [0.15, 0.2) is 0 Å². The number of terminal acetylenes is 1. The van der Waals surface area contributed by atoms with Gasteiger partial charge in [-0.05, 0) is 67.3 Å². The highest BCUT2D eigenvalue weighted by Crippen LogP contribution is 2.33. The van der Waals surface area contributed by atoms with Crippen molar-refractivity contribution < 1.29 is 19.0 Å². The van der Waals surface area contributed by atoms with E-state index in [1.165, 1.54) is 10.8 Å². The van der Waals surface area contributed by atoms with Crippen molar-refractivity contribution in [3.8, 4) is 18.1 Å². The highest BCUT2D eigenvalue weighted by atomic mass is 16.6. The van der Waals surface area contributed by atoms with Gasteiger partial charge >= 0.3 is 6.09 Å². The Hall–Kier alpha value is -3.49. The second kappa shape index (κ2) is 10.8. The van der Waals surface area contributed by atoms with Gasteiger partial charge in [-0.3, -0.25) is 0 Å². The van der Waals surface area contributed by atoms with E-state index in [1.54, 1.807) is 4.90 Å². The zero-order valence-corrected chi connectivity index (χ0v) is 20.7. The van der Waals surface area contributed by atoms with E-state index in [4.69, 9.17) is 20.6 Å². The van der Waals surface area contributed by atoms with Crippen molar-refractivity contribution in [3.05, 3.63) is 77.9 Å². The smallest absolute Gasteiger partial charge is 0.410 e. The Kier molecular flexibility index (Phi) is 7.63. The molecule has 0 aromatic heterocycles. The van der Waals surface area contributed by atoms with Gasteiger partial charge in [-0.1, -0.05) is 54.5 Å². The van der Waals surface area contributed by atoms with Gasteiger partial charge in [0, 0.05) is 12.5 Å². The molecule has 3 aromatic carbocycles. The standard InChI is InChI=1S/C30H33NO4/c1-5-18-33-26-14-12-24(13-15-26)27-16-17-31(29(32)35-30(2,3)4)20-28(27)34-21-22-10-11-23-8-6-7-9-25(23)19-22/h1,6-15,19,27-28H,16-18,20-21H2,2-4H3. The molecule has 2 unspecified atom stereocenters. The fourth-order valence-electron chi connectivity index (χ4n) is 4.43. The van der Waals surface area contributed by atoms with Crippen LogP contribution in [0, 0.1) is 12.3 Å². The Balaban J connectivity index is 1.51. The number of rotatable bonds is 6. The van der Waals surface area contributed by atoms with Crippen molar-refractivity contribution in [3.63, 3.8) is 0 Å². The maximum absolute atomic E-state index is 12.8. The normalized spacial score (nSPS) is 18.2. The largest absolute Gasteiger partial charge is 0.481 e. The van der Waals surface area contributed by atoms with Crippen LogP contribution in [-0.4, -0.2) is 42.4 Å². The number of carbonyl (C=O) groups is 1. The van der Waals surface area contributed by atoms with Crippen LogP contribution >= 0.6 is 0 Å². The first kappa shape index (κ1) is 24.6. The van der Waals surface area contributed by atoms with Crippen LogP contribution in [0.25, 0.3) is 10.8 Å². The highest BCUT2D eigenvalue weighted by Gasteiger charge is 2.35. The molecule has 0 radical (unpaired) electrons. The zero-order chi connectivity index (χ0) is 24.8. The van der Waals surface area contributed by atoms with Crippen LogP contribution in [0.15, 0.2) is 66.7 Å². The lowest BCUT2D eigenvalue weighted by atomic mass is 9.87. The average molecular weight is 472 g/mol. The number of hydrogen-bond acceptors (Lipinski definition) is 4. The Morgan fingerprint density at radius 1 is 1.06 bits per heavy atom. The summed E-state index contributed by atoms with van der Waals surface area (Å²) >= 11 is 0. The summed E-state index contributed by atoms with van der Waals surface area (Å²) in [7, 11) is 0. The number of hydrogen-bond donors (Lipinski definition) is 0. The van der Waals surface area contributed by atoms with E-state index in [9.17, 15) is 4.79 Å². The van der Waals surface area contributed by atoms with E-state index >= 15 is 0 Å². The molecule has 0 spiro atoms. The summed E-state index contributed by atoms with van der Waals surface area (Å²) in [6.07, 6.45) is 5.61. The van der Waals surface area contributed by atoms with Gasteiger partial charge in [-0.2, -0.15) is 0 Å². The topological polar surface area (TPSA) is 48.0 Å². The maximum atomic E-state index is 12.8. The van der Waals surface area contributed by atoms with Crippen molar-refractivity contribution in [2.24, 2.45) is 0 Å². The molecule has 4 rings (SSSR count). The second-order valence-corrected chi connectivity index (χ2v) is 9.91. The van der Waals surface area contributed by atoms with Crippen LogP contribution in [0.2, 0.25) is 0 Å². The minimum Gasteiger partial charge on any atom is -0.481 e. The van der Waals surface area contributed by atoms with Crippen molar-refractivity contribution in [2.45, 2.75) is 51.4 Å². The number of fused-ring (bicyclic) bond motifs is 1. The molecule has 1 heterocycles. The molecule has 0 aliphatic carbocycles. The lowest BCUT2D eigenvalue weighted by molar-refractivity contribution is -0.0359. The molecule has 0 bridgehead atoms. The van der Waals surface area contributed by atoms with Gasteiger partial charge in [0.25, 0.3) is 0 Å². The molecule has 5 heteroatoms. The Morgan fingerprint density at radius 3 is 2.51 bits per heavy atom. The molecule has 1 aliphatic heterocycles. The van der Waals surface area contributed by atoms with Crippen molar-refractivity contribution >= 4 is 16.9 Å². The first-order chi connectivity index (χ1) is 16.8. The van der Waals surface area contributed by atoms with Crippen LogP contribution in [0.1, 0.15) is 44.2 Å². The quantitative estimate of drug-likeness (QED) is 0.404. The summed E-state index contributed by atoms with van der Waals surface area (Å²) in [4.78, 5) is 14.5. The van der Waals surface area contributed by atoms with Gasteiger partial charge in [0.1, 0.15) is 18.0 Å². The van der Waals surface area contributed by atoms with E-state index < -0.39 is 5.60 Å². The van der Waals surface area contributed by atoms with Crippen LogP contribution in [0.5, 0.6) is 5.75 Å². The van der Waals surface area contributed by atoms with E-state index in [0.29, 0.717) is 19.7 Å². The third kappa shape index (κ3) is 6.55. The lowest BCUT2D eigenvalue weighted by Crippen LogP contribution is -2.48. The van der Waals surface area contributed by atoms with Crippen LogP contribution in [0.4, 0.5) is 4.79 Å². The molecule has 5 nitrogen and oxygen atoms in total. The van der Waals surface area contributed by atoms with Crippen LogP contribution in [0.3, 0.4) is 0 Å². The lowest BCUT2D eigenvalue weighted by Gasteiger charge is -2.39. The van der Waals surface area contributed by atoms with Crippen LogP contribution in [-0.2, 0) is 16.1 Å². The molecule has 1 fully saturated rings. The number of likely N-dealkylation sites (tertiary alicyclic amines) is 1. The summed E-state index contributed by atoms with van der Waals surface area (Å²) in [5.41, 5.74) is 1.73. The molecule has 3 aromatic rings. The zero-order valence-electron chi connectivity index (χ0n) is 20.7. The highest BCUT2D eigenvalue weighted by molar-refractivity contribution is 5.82. The predicted molar refractivity (Wildman–Crippen MR) is 138 cm³/mol. The van der Waals surface area contributed by atoms with Gasteiger partial charge in [-0.25, -0.2) is 4.79 Å². The van der Waals surface area contributed by atoms with Gasteiger partial charge in [0.2, 0.25) is 0 Å². The molecular weight excluding hydrogens is 438 g/mol. The molecule has 0 saturated carbocycles. The first-order valence-electron chi connectivity index (χ1n) is 12.1. The SMILES string of the molecule is C#CCOc1ccc(C2CCN(C(=O)OC(C)(C)C)CC2OCc2ccc3ccccc3c2)cc1. The molecule has 1 aliphatic rings. The molecule has 0 N–H and O–H groups in total. The Morgan fingerprint density at radius 2 is 1.80 bits per heavy atom. The number of amides is 1. The third-order valence-corrected chi connectivity index (χ3v) is 6.12. The Bertz CT molecular complexity index is 1190. The second-order valence-electron chi connectivity index (χ2n) is 9.91. The molecule has 35 heavy (non-hydrogen) atoms. The van der Waals surface area contributed by atoms with Gasteiger partial charge in [-0.15, -0.1) is 6.42 Å². The van der Waals surface area contributed by atoms with Gasteiger partial charge < -0.3 is 19.1 Å². The van der Waals surface area contributed by atoms with E-state index in [-0.39, 0.29) is 24.7 Å². The summed E-state index contributed by atoms with van der Waals surface area (Å²) in [6.45, 7) is 7.45. The fourth-order valence-corrected chi connectivity index (χ4v) is 4.43. The molecule has 1 saturated heterocycles.